The molecule has 1 aromatic carbocycles. The van der Waals surface area contributed by atoms with Crippen molar-refractivity contribution in [2.24, 2.45) is 0 Å². The van der Waals surface area contributed by atoms with Gasteiger partial charge < -0.3 is 10.1 Å². The first-order valence-corrected chi connectivity index (χ1v) is 6.74. The van der Waals surface area contributed by atoms with Gasteiger partial charge in [-0.1, -0.05) is 30.3 Å². The van der Waals surface area contributed by atoms with E-state index in [2.05, 4.69) is 5.32 Å². The number of nitrogens with zero attached hydrogens (tertiary/aromatic N) is 1. The molecular formula is C15H22N2O4. The van der Waals surface area contributed by atoms with Crippen LogP contribution in [0.1, 0.15) is 32.3 Å². The van der Waals surface area contributed by atoms with Crippen LogP contribution in [-0.4, -0.2) is 41.5 Å². The lowest BCUT2D eigenvalue weighted by Crippen LogP contribution is -2.37. The molecule has 0 saturated heterocycles. The lowest BCUT2D eigenvalue weighted by molar-refractivity contribution is -0.150. The van der Waals surface area contributed by atoms with Crippen LogP contribution in [-0.2, 0) is 9.53 Å². The number of carbonyl (C=O) groups is 2. The molecule has 2 N–H and O–H groups in total. The number of hydrogen-bond acceptors (Lipinski definition) is 4. The van der Waals surface area contributed by atoms with Gasteiger partial charge in [-0.05, 0) is 26.3 Å². The number of nitrogens with one attached hydrogen (secondary N) is 1. The molecule has 0 aliphatic rings. The molecule has 6 heteroatoms. The van der Waals surface area contributed by atoms with Gasteiger partial charge in [0.05, 0.1) is 6.54 Å². The molecular weight excluding hydrogens is 272 g/mol. The van der Waals surface area contributed by atoms with Gasteiger partial charge in [-0.15, -0.1) is 0 Å². The van der Waals surface area contributed by atoms with E-state index < -0.39 is 11.7 Å². The van der Waals surface area contributed by atoms with Crippen molar-refractivity contribution in [1.82, 2.24) is 10.4 Å². The number of rotatable bonds is 6. The van der Waals surface area contributed by atoms with E-state index >= 15 is 0 Å². The van der Waals surface area contributed by atoms with Crippen molar-refractivity contribution in [2.45, 2.75) is 32.3 Å². The average molecular weight is 294 g/mol. The van der Waals surface area contributed by atoms with Gasteiger partial charge >= 0.3 is 6.09 Å². The van der Waals surface area contributed by atoms with Crippen molar-refractivity contribution in [2.75, 3.05) is 13.1 Å². The molecule has 116 valence electrons. The highest BCUT2D eigenvalue weighted by atomic mass is 16.6. The molecule has 0 unspecified atom stereocenters. The van der Waals surface area contributed by atoms with E-state index in [0.717, 1.165) is 5.56 Å². The van der Waals surface area contributed by atoms with Crippen LogP contribution in [0.15, 0.2) is 30.3 Å². The summed E-state index contributed by atoms with van der Waals surface area (Å²) in [5.74, 6) is -0.228. The van der Waals surface area contributed by atoms with E-state index in [4.69, 9.17) is 4.74 Å². The van der Waals surface area contributed by atoms with Gasteiger partial charge in [0.2, 0.25) is 6.41 Å². The number of alkyl carbamates (subject to hydrolysis) is 1. The SMILES string of the molecule is CC(C)(C)OC(=O)NC[C@@H](CN(O)C=O)c1ccccc1. The Labute approximate surface area is 124 Å². The predicted octanol–water partition coefficient (Wildman–Crippen LogP) is 2.14. The Morgan fingerprint density at radius 2 is 2.00 bits per heavy atom. The molecule has 0 aliphatic carbocycles. The Kier molecular flexibility index (Phi) is 6.17. The second-order valence-corrected chi connectivity index (χ2v) is 5.72. The van der Waals surface area contributed by atoms with Crippen molar-refractivity contribution < 1.29 is 19.5 Å². The summed E-state index contributed by atoms with van der Waals surface area (Å²) >= 11 is 0. The highest BCUT2D eigenvalue weighted by Crippen LogP contribution is 2.16. The van der Waals surface area contributed by atoms with Crippen LogP contribution in [0, 0.1) is 0 Å². The zero-order valence-electron chi connectivity index (χ0n) is 12.6. The highest BCUT2D eigenvalue weighted by Gasteiger charge is 2.19. The van der Waals surface area contributed by atoms with E-state index in [1.807, 2.05) is 30.3 Å². The maximum atomic E-state index is 11.7. The maximum Gasteiger partial charge on any atom is 0.407 e. The van der Waals surface area contributed by atoms with Crippen LogP contribution >= 0.6 is 0 Å². The molecule has 0 radical (unpaired) electrons. The number of benzene rings is 1. The number of carbonyl (C=O) groups excluding carboxylic acids is 2. The lowest BCUT2D eigenvalue weighted by Gasteiger charge is -2.23. The van der Waals surface area contributed by atoms with E-state index in [1.54, 1.807) is 20.8 Å². The van der Waals surface area contributed by atoms with Crippen molar-refractivity contribution in [1.29, 1.82) is 0 Å². The van der Waals surface area contributed by atoms with Crippen LogP contribution in [0.5, 0.6) is 0 Å². The fourth-order valence-electron chi connectivity index (χ4n) is 1.80. The maximum absolute atomic E-state index is 11.7. The summed E-state index contributed by atoms with van der Waals surface area (Å²) in [4.78, 5) is 22.2. The predicted molar refractivity (Wildman–Crippen MR) is 78.0 cm³/mol. The third-order valence-electron chi connectivity index (χ3n) is 2.69. The Morgan fingerprint density at radius 1 is 1.38 bits per heavy atom. The quantitative estimate of drug-likeness (QED) is 0.478. The molecule has 0 spiro atoms. The summed E-state index contributed by atoms with van der Waals surface area (Å²) in [6.07, 6.45) is -0.192. The topological polar surface area (TPSA) is 78.9 Å². The molecule has 0 aromatic heterocycles. The summed E-state index contributed by atoms with van der Waals surface area (Å²) in [5, 5.41) is 12.6. The molecule has 21 heavy (non-hydrogen) atoms. The number of amides is 2. The van der Waals surface area contributed by atoms with Crippen molar-refractivity contribution in [3.8, 4) is 0 Å². The van der Waals surface area contributed by atoms with Crippen molar-refractivity contribution in [3.05, 3.63) is 35.9 Å². The van der Waals surface area contributed by atoms with E-state index in [-0.39, 0.29) is 19.0 Å². The summed E-state index contributed by atoms with van der Waals surface area (Å²) in [6.45, 7) is 5.68. The molecule has 2 amide bonds. The Hall–Kier alpha value is -2.08. The Morgan fingerprint density at radius 3 is 2.52 bits per heavy atom. The Balaban J connectivity index is 2.66. The van der Waals surface area contributed by atoms with E-state index in [0.29, 0.717) is 11.5 Å². The van der Waals surface area contributed by atoms with Crippen LogP contribution in [0.25, 0.3) is 0 Å². The van der Waals surface area contributed by atoms with Gasteiger partial charge in [-0.3, -0.25) is 10.0 Å². The number of hydrogen-bond donors (Lipinski definition) is 2. The molecule has 0 fully saturated rings. The van der Waals surface area contributed by atoms with Crippen LogP contribution in [0.3, 0.4) is 0 Å². The molecule has 0 aliphatic heterocycles. The van der Waals surface area contributed by atoms with Gasteiger partial charge in [0, 0.05) is 12.5 Å². The largest absolute Gasteiger partial charge is 0.444 e. The van der Waals surface area contributed by atoms with Gasteiger partial charge in [0.15, 0.2) is 0 Å². The van der Waals surface area contributed by atoms with Gasteiger partial charge in [-0.25, -0.2) is 9.86 Å². The van der Waals surface area contributed by atoms with Gasteiger partial charge in [0.1, 0.15) is 5.60 Å². The summed E-state index contributed by atoms with van der Waals surface area (Å²) < 4.78 is 5.16. The Bertz CT molecular complexity index is 456. The first kappa shape index (κ1) is 17.0. The van der Waals surface area contributed by atoms with Crippen LogP contribution in [0.2, 0.25) is 0 Å². The molecule has 0 bridgehead atoms. The fourth-order valence-corrected chi connectivity index (χ4v) is 1.80. The number of hydroxylamine groups is 2. The summed E-state index contributed by atoms with van der Waals surface area (Å²) in [6, 6.07) is 9.34. The van der Waals surface area contributed by atoms with E-state index in [9.17, 15) is 14.8 Å². The van der Waals surface area contributed by atoms with Gasteiger partial charge in [0.25, 0.3) is 0 Å². The first-order valence-electron chi connectivity index (χ1n) is 6.74. The minimum Gasteiger partial charge on any atom is -0.444 e. The second kappa shape index (κ2) is 7.64. The fraction of sp³-hybridized carbons (Fsp3) is 0.467. The smallest absolute Gasteiger partial charge is 0.407 e. The normalized spacial score (nSPS) is 12.4. The number of ether oxygens (including phenoxy) is 1. The van der Waals surface area contributed by atoms with Crippen LogP contribution < -0.4 is 5.32 Å². The van der Waals surface area contributed by atoms with E-state index in [1.165, 1.54) is 0 Å². The summed E-state index contributed by atoms with van der Waals surface area (Å²) in [7, 11) is 0. The minimum atomic E-state index is -0.571. The summed E-state index contributed by atoms with van der Waals surface area (Å²) in [5.41, 5.74) is 0.340. The third-order valence-corrected chi connectivity index (χ3v) is 2.69. The van der Waals surface area contributed by atoms with Crippen molar-refractivity contribution in [3.63, 3.8) is 0 Å². The molecule has 1 aromatic rings. The standard InChI is InChI=1S/C15H22N2O4/c1-15(2,3)21-14(19)16-9-13(10-17(20)11-18)12-7-5-4-6-8-12/h4-8,11,13,20H,9-10H2,1-3H3,(H,16,19)/t13-/m0/s1. The molecule has 0 saturated carbocycles. The highest BCUT2D eigenvalue weighted by molar-refractivity contribution is 5.67. The lowest BCUT2D eigenvalue weighted by atomic mass is 9.99. The third kappa shape index (κ3) is 6.76. The minimum absolute atomic E-state index is 0.0866. The monoisotopic (exact) mass is 294 g/mol. The van der Waals surface area contributed by atoms with Gasteiger partial charge in [-0.2, -0.15) is 0 Å². The molecule has 0 heterocycles. The van der Waals surface area contributed by atoms with Crippen LogP contribution in [0.4, 0.5) is 4.79 Å². The zero-order chi connectivity index (χ0) is 15.9. The average Bonchev–Trinajstić information content (AvgIpc) is 2.42. The second-order valence-electron chi connectivity index (χ2n) is 5.72. The molecule has 1 rings (SSSR count). The zero-order valence-corrected chi connectivity index (χ0v) is 12.6. The molecule has 1 atom stereocenters. The molecule has 6 nitrogen and oxygen atoms in total. The first-order chi connectivity index (χ1) is 9.81. The van der Waals surface area contributed by atoms with Crippen molar-refractivity contribution >= 4 is 12.5 Å².